The predicted octanol–water partition coefficient (Wildman–Crippen LogP) is 0.444. The minimum absolute atomic E-state index is 0.198. The van der Waals surface area contributed by atoms with E-state index in [9.17, 15) is 0 Å². The zero-order valence-corrected chi connectivity index (χ0v) is 8.41. The van der Waals surface area contributed by atoms with Crippen molar-refractivity contribution in [2.45, 2.75) is 31.3 Å². The zero-order valence-electron chi connectivity index (χ0n) is 8.41. The molecule has 2 aliphatic rings. The van der Waals surface area contributed by atoms with Crippen LogP contribution in [0, 0.1) is 5.92 Å². The lowest BCUT2D eigenvalue weighted by Crippen LogP contribution is -2.43. The van der Waals surface area contributed by atoms with E-state index in [1.165, 1.54) is 25.8 Å². The summed E-state index contributed by atoms with van der Waals surface area (Å²) in [7, 11) is 1.72. The molecule has 76 valence electrons. The standard InChI is InChI=1S/C10H20N2O/c1-13-7-9(11)6-12-5-8-2-3-10(12)4-8/h8-10H,2-7,11H2,1H3. The maximum atomic E-state index is 5.93. The zero-order chi connectivity index (χ0) is 9.26. The quantitative estimate of drug-likeness (QED) is 0.689. The topological polar surface area (TPSA) is 38.5 Å². The monoisotopic (exact) mass is 184 g/mol. The van der Waals surface area contributed by atoms with Crippen LogP contribution in [0.25, 0.3) is 0 Å². The number of nitrogens with two attached hydrogens (primary N) is 1. The lowest BCUT2D eigenvalue weighted by molar-refractivity contribution is 0.139. The molecular weight excluding hydrogens is 164 g/mol. The summed E-state index contributed by atoms with van der Waals surface area (Å²) in [6.45, 7) is 2.99. The third kappa shape index (κ3) is 2.03. The first kappa shape index (κ1) is 9.44. The fourth-order valence-corrected chi connectivity index (χ4v) is 2.82. The van der Waals surface area contributed by atoms with Crippen LogP contribution in [-0.4, -0.2) is 43.8 Å². The second-order valence-corrected chi connectivity index (χ2v) is 4.50. The van der Waals surface area contributed by atoms with Crippen LogP contribution in [0.15, 0.2) is 0 Å². The first-order chi connectivity index (χ1) is 6.29. The molecule has 1 aliphatic heterocycles. The summed E-state index contributed by atoms with van der Waals surface area (Å²) in [5.41, 5.74) is 5.93. The van der Waals surface area contributed by atoms with Crippen molar-refractivity contribution in [1.82, 2.24) is 4.90 Å². The van der Waals surface area contributed by atoms with Crippen molar-refractivity contribution >= 4 is 0 Å². The maximum absolute atomic E-state index is 5.93. The van der Waals surface area contributed by atoms with Crippen molar-refractivity contribution in [2.24, 2.45) is 11.7 Å². The Bertz CT molecular complexity index is 174. The molecule has 0 spiro atoms. The van der Waals surface area contributed by atoms with E-state index in [1.807, 2.05) is 0 Å². The van der Waals surface area contributed by atoms with Gasteiger partial charge in [0.05, 0.1) is 6.61 Å². The van der Waals surface area contributed by atoms with E-state index in [0.29, 0.717) is 6.61 Å². The predicted molar refractivity (Wildman–Crippen MR) is 52.6 cm³/mol. The second kappa shape index (κ2) is 3.95. The van der Waals surface area contributed by atoms with E-state index in [0.717, 1.165) is 18.5 Å². The van der Waals surface area contributed by atoms with E-state index in [4.69, 9.17) is 10.5 Å². The number of likely N-dealkylation sites (tertiary alicyclic amines) is 1. The third-order valence-electron chi connectivity index (χ3n) is 3.37. The van der Waals surface area contributed by atoms with Gasteiger partial charge in [0.25, 0.3) is 0 Å². The summed E-state index contributed by atoms with van der Waals surface area (Å²) in [6, 6.07) is 1.04. The van der Waals surface area contributed by atoms with Crippen LogP contribution in [0.3, 0.4) is 0 Å². The Labute approximate surface area is 80.2 Å². The molecule has 3 atom stereocenters. The highest BCUT2D eigenvalue weighted by Crippen LogP contribution is 2.37. The summed E-state index contributed by atoms with van der Waals surface area (Å²) in [4.78, 5) is 2.55. The Hall–Kier alpha value is -0.120. The van der Waals surface area contributed by atoms with Crippen molar-refractivity contribution in [1.29, 1.82) is 0 Å². The largest absolute Gasteiger partial charge is 0.383 e. The van der Waals surface area contributed by atoms with Gasteiger partial charge in [0.15, 0.2) is 0 Å². The molecule has 2 bridgehead atoms. The first-order valence-electron chi connectivity index (χ1n) is 5.28. The number of piperidine rings is 1. The van der Waals surface area contributed by atoms with Crippen molar-refractivity contribution < 1.29 is 4.74 Å². The first-order valence-corrected chi connectivity index (χ1v) is 5.28. The van der Waals surface area contributed by atoms with Crippen molar-refractivity contribution in [3.63, 3.8) is 0 Å². The highest BCUT2D eigenvalue weighted by atomic mass is 16.5. The fraction of sp³-hybridized carbons (Fsp3) is 1.00. The molecule has 0 radical (unpaired) electrons. The highest BCUT2D eigenvalue weighted by Gasteiger charge is 2.37. The van der Waals surface area contributed by atoms with Gasteiger partial charge in [-0.1, -0.05) is 0 Å². The number of fused-ring (bicyclic) bond motifs is 2. The normalized spacial score (nSPS) is 35.5. The van der Waals surface area contributed by atoms with E-state index >= 15 is 0 Å². The Balaban J connectivity index is 1.76. The summed E-state index contributed by atoms with van der Waals surface area (Å²) in [6.07, 6.45) is 4.25. The molecule has 2 rings (SSSR count). The molecular formula is C10H20N2O. The lowest BCUT2D eigenvalue weighted by atomic mass is 10.1. The third-order valence-corrected chi connectivity index (χ3v) is 3.37. The van der Waals surface area contributed by atoms with Crippen molar-refractivity contribution in [2.75, 3.05) is 26.8 Å². The van der Waals surface area contributed by atoms with E-state index in [-0.39, 0.29) is 6.04 Å². The van der Waals surface area contributed by atoms with Gasteiger partial charge in [-0.05, 0) is 25.2 Å². The van der Waals surface area contributed by atoms with Crippen LogP contribution in [0.5, 0.6) is 0 Å². The number of nitrogens with zero attached hydrogens (tertiary/aromatic N) is 1. The molecule has 1 aliphatic carbocycles. The highest BCUT2D eigenvalue weighted by molar-refractivity contribution is 4.93. The van der Waals surface area contributed by atoms with Crippen LogP contribution in [0.2, 0.25) is 0 Å². The molecule has 1 heterocycles. The molecule has 0 aromatic carbocycles. The Morgan fingerprint density at radius 3 is 2.92 bits per heavy atom. The second-order valence-electron chi connectivity index (χ2n) is 4.50. The van der Waals surface area contributed by atoms with Crippen LogP contribution >= 0.6 is 0 Å². The molecule has 1 saturated heterocycles. The number of hydrogen-bond donors (Lipinski definition) is 1. The van der Waals surface area contributed by atoms with E-state index in [2.05, 4.69) is 4.90 Å². The number of rotatable bonds is 4. The molecule has 3 nitrogen and oxygen atoms in total. The van der Waals surface area contributed by atoms with Crippen LogP contribution in [-0.2, 0) is 4.74 Å². The number of hydrogen-bond acceptors (Lipinski definition) is 3. The van der Waals surface area contributed by atoms with Crippen molar-refractivity contribution in [3.05, 3.63) is 0 Å². The molecule has 2 fully saturated rings. The van der Waals surface area contributed by atoms with Gasteiger partial charge >= 0.3 is 0 Å². The summed E-state index contributed by atoms with van der Waals surface area (Å²) in [5, 5.41) is 0. The summed E-state index contributed by atoms with van der Waals surface area (Å²) in [5.74, 6) is 0.972. The minimum Gasteiger partial charge on any atom is -0.383 e. The molecule has 3 unspecified atom stereocenters. The van der Waals surface area contributed by atoms with Crippen LogP contribution < -0.4 is 5.73 Å². The van der Waals surface area contributed by atoms with Gasteiger partial charge in [-0.25, -0.2) is 0 Å². The Kier molecular flexibility index (Phi) is 2.86. The van der Waals surface area contributed by atoms with E-state index < -0.39 is 0 Å². The molecule has 0 aromatic heterocycles. The van der Waals surface area contributed by atoms with Gasteiger partial charge in [-0.15, -0.1) is 0 Å². The van der Waals surface area contributed by atoms with Crippen LogP contribution in [0.4, 0.5) is 0 Å². The van der Waals surface area contributed by atoms with Gasteiger partial charge in [0, 0.05) is 32.3 Å². The maximum Gasteiger partial charge on any atom is 0.0626 e. The molecule has 0 amide bonds. The average molecular weight is 184 g/mol. The lowest BCUT2D eigenvalue weighted by Gasteiger charge is -2.28. The van der Waals surface area contributed by atoms with Gasteiger partial charge in [-0.3, -0.25) is 4.90 Å². The smallest absolute Gasteiger partial charge is 0.0626 e. The number of ether oxygens (including phenoxy) is 1. The van der Waals surface area contributed by atoms with Crippen molar-refractivity contribution in [3.8, 4) is 0 Å². The van der Waals surface area contributed by atoms with Gasteiger partial charge in [0.1, 0.15) is 0 Å². The summed E-state index contributed by atoms with van der Waals surface area (Å²) < 4.78 is 5.04. The molecule has 1 saturated carbocycles. The van der Waals surface area contributed by atoms with Crippen LogP contribution in [0.1, 0.15) is 19.3 Å². The Morgan fingerprint density at radius 2 is 2.38 bits per heavy atom. The van der Waals surface area contributed by atoms with Gasteiger partial charge in [-0.2, -0.15) is 0 Å². The fourth-order valence-electron chi connectivity index (χ4n) is 2.82. The Morgan fingerprint density at radius 1 is 1.54 bits per heavy atom. The minimum atomic E-state index is 0.198. The average Bonchev–Trinajstić information content (AvgIpc) is 2.65. The molecule has 3 heteroatoms. The van der Waals surface area contributed by atoms with Gasteiger partial charge in [0.2, 0.25) is 0 Å². The molecule has 2 N–H and O–H groups in total. The molecule has 13 heavy (non-hydrogen) atoms. The SMILES string of the molecule is COCC(N)CN1CC2CCC1C2. The summed E-state index contributed by atoms with van der Waals surface area (Å²) >= 11 is 0. The van der Waals surface area contributed by atoms with Gasteiger partial charge < -0.3 is 10.5 Å². The van der Waals surface area contributed by atoms with E-state index in [1.54, 1.807) is 7.11 Å². The number of methoxy groups -OCH3 is 1. The molecule has 0 aromatic rings.